The Morgan fingerprint density at radius 1 is 1.00 bits per heavy atom. The smallest absolute Gasteiger partial charge is 0.257 e. The summed E-state index contributed by atoms with van der Waals surface area (Å²) >= 11 is 0. The van der Waals surface area contributed by atoms with Gasteiger partial charge in [-0.3, -0.25) is 9.59 Å². The molecule has 0 spiro atoms. The molecule has 8 nitrogen and oxygen atoms in total. The quantitative estimate of drug-likeness (QED) is 0.630. The van der Waals surface area contributed by atoms with Gasteiger partial charge in [-0.1, -0.05) is 12.1 Å². The number of likely N-dealkylation sites (tertiary alicyclic amines) is 1. The van der Waals surface area contributed by atoms with Gasteiger partial charge >= 0.3 is 0 Å². The van der Waals surface area contributed by atoms with Gasteiger partial charge < -0.3 is 14.8 Å². The number of nitrogens with one attached hydrogen (secondary N) is 1. The molecule has 2 saturated heterocycles. The van der Waals surface area contributed by atoms with Crippen molar-refractivity contribution in [2.75, 3.05) is 37.6 Å². The molecule has 0 saturated carbocycles. The molecule has 2 aromatic rings. The van der Waals surface area contributed by atoms with Crippen molar-refractivity contribution in [3.8, 4) is 0 Å². The maximum absolute atomic E-state index is 13.8. The summed E-state index contributed by atoms with van der Waals surface area (Å²) in [4.78, 5) is 33.5. The third-order valence-electron chi connectivity index (χ3n) is 7.47. The molecule has 1 N–H and O–H groups in total. The molecule has 3 heterocycles. The van der Waals surface area contributed by atoms with Gasteiger partial charge in [-0.05, 0) is 77.5 Å². The molecular weight excluding hydrogens is 476 g/mol. The van der Waals surface area contributed by atoms with E-state index >= 15 is 0 Å². The SMILES string of the molecule is CCN(C(=O)C1CCN(S(=O)(=O)c2c(C)[nH]c(C)c2C(=O)N2CCCCC2)CC1)c1cccc(C)c1. The maximum Gasteiger partial charge on any atom is 0.257 e. The lowest BCUT2D eigenvalue weighted by molar-refractivity contribution is -0.123. The number of hydrogen-bond donors (Lipinski definition) is 1. The van der Waals surface area contributed by atoms with Crippen LogP contribution in [0.1, 0.15) is 66.3 Å². The zero-order valence-electron chi connectivity index (χ0n) is 21.8. The van der Waals surface area contributed by atoms with E-state index in [1.807, 2.05) is 38.1 Å². The van der Waals surface area contributed by atoms with E-state index in [9.17, 15) is 18.0 Å². The first-order valence-corrected chi connectivity index (χ1v) is 14.5. The number of carbonyl (C=O) groups is 2. The van der Waals surface area contributed by atoms with Crippen molar-refractivity contribution in [3.63, 3.8) is 0 Å². The topological polar surface area (TPSA) is 93.8 Å². The van der Waals surface area contributed by atoms with Crippen molar-refractivity contribution in [1.82, 2.24) is 14.2 Å². The van der Waals surface area contributed by atoms with Gasteiger partial charge in [0.25, 0.3) is 5.91 Å². The van der Waals surface area contributed by atoms with E-state index in [1.165, 1.54) is 4.31 Å². The van der Waals surface area contributed by atoms with Crippen molar-refractivity contribution in [3.05, 3.63) is 46.8 Å². The number of sulfonamides is 1. The molecule has 2 fully saturated rings. The minimum atomic E-state index is -3.89. The van der Waals surface area contributed by atoms with Crippen molar-refractivity contribution < 1.29 is 18.0 Å². The largest absolute Gasteiger partial charge is 0.361 e. The Bertz CT molecular complexity index is 1220. The van der Waals surface area contributed by atoms with Gasteiger partial charge in [0.1, 0.15) is 4.90 Å². The van der Waals surface area contributed by atoms with E-state index in [2.05, 4.69) is 4.98 Å². The van der Waals surface area contributed by atoms with Gasteiger partial charge in [0.2, 0.25) is 15.9 Å². The Hall–Kier alpha value is -2.65. The van der Waals surface area contributed by atoms with Crippen LogP contribution in [0.2, 0.25) is 0 Å². The van der Waals surface area contributed by atoms with Gasteiger partial charge in [0.05, 0.1) is 5.56 Å². The predicted octanol–water partition coefficient (Wildman–Crippen LogP) is 4.02. The van der Waals surface area contributed by atoms with Crippen LogP contribution in [0.4, 0.5) is 5.69 Å². The van der Waals surface area contributed by atoms with E-state index < -0.39 is 10.0 Å². The number of aromatic amines is 1. The molecule has 0 unspecified atom stereocenters. The number of amides is 2. The summed E-state index contributed by atoms with van der Waals surface area (Å²) in [5.74, 6) is -0.410. The Morgan fingerprint density at radius 2 is 1.67 bits per heavy atom. The van der Waals surface area contributed by atoms with Crippen LogP contribution in [0.15, 0.2) is 29.2 Å². The number of hydrogen-bond acceptors (Lipinski definition) is 4. The number of benzene rings is 1. The summed E-state index contributed by atoms with van der Waals surface area (Å²) < 4.78 is 29.0. The number of rotatable bonds is 6. The van der Waals surface area contributed by atoms with E-state index in [4.69, 9.17) is 0 Å². The second-order valence-corrected chi connectivity index (χ2v) is 11.9. The average molecular weight is 515 g/mol. The molecule has 1 aromatic carbocycles. The van der Waals surface area contributed by atoms with Crippen LogP contribution in [0.3, 0.4) is 0 Å². The first-order chi connectivity index (χ1) is 17.1. The molecule has 0 bridgehead atoms. The third-order valence-corrected chi connectivity index (χ3v) is 9.54. The van der Waals surface area contributed by atoms with Gasteiger partial charge in [0, 0.05) is 55.7 Å². The highest BCUT2D eigenvalue weighted by Crippen LogP contribution is 2.32. The van der Waals surface area contributed by atoms with Crippen LogP contribution >= 0.6 is 0 Å². The van der Waals surface area contributed by atoms with Crippen LogP contribution < -0.4 is 4.90 Å². The fourth-order valence-electron chi connectivity index (χ4n) is 5.55. The lowest BCUT2D eigenvalue weighted by Crippen LogP contribution is -2.45. The minimum absolute atomic E-state index is 0.0368. The number of piperidine rings is 2. The first-order valence-electron chi connectivity index (χ1n) is 13.0. The standard InChI is InChI=1S/C27H38N4O4S/c1-5-31(23-11-9-10-19(2)18-23)26(32)22-12-16-30(17-13-22)36(34,35)25-21(4)28-20(3)24(25)27(33)29-14-7-6-8-15-29/h9-11,18,22,28H,5-8,12-17H2,1-4H3. The van der Waals surface area contributed by atoms with Gasteiger partial charge in [-0.25, -0.2) is 8.42 Å². The van der Waals surface area contributed by atoms with E-state index in [0.29, 0.717) is 43.9 Å². The lowest BCUT2D eigenvalue weighted by atomic mass is 9.96. The average Bonchev–Trinajstić information content (AvgIpc) is 3.18. The monoisotopic (exact) mass is 514 g/mol. The number of nitrogens with zero attached hydrogens (tertiary/aromatic N) is 3. The number of aryl methyl sites for hydroxylation is 3. The summed E-state index contributed by atoms with van der Waals surface area (Å²) in [5, 5.41) is 0. The summed E-state index contributed by atoms with van der Waals surface area (Å²) in [5.41, 5.74) is 3.30. The first kappa shape index (κ1) is 26.4. The van der Waals surface area contributed by atoms with Gasteiger partial charge in [-0.2, -0.15) is 4.31 Å². The third kappa shape index (κ3) is 5.09. The molecule has 36 heavy (non-hydrogen) atoms. The Kier molecular flexibility index (Phi) is 7.90. The van der Waals surface area contributed by atoms with E-state index in [0.717, 1.165) is 30.5 Å². The fourth-order valence-corrected chi connectivity index (χ4v) is 7.43. The molecular formula is C27H38N4O4S. The number of anilines is 1. The number of carbonyl (C=O) groups excluding carboxylic acids is 2. The summed E-state index contributed by atoms with van der Waals surface area (Å²) in [6, 6.07) is 7.88. The molecule has 1 aromatic heterocycles. The van der Waals surface area contributed by atoms with Crippen molar-refractivity contribution in [2.24, 2.45) is 5.92 Å². The molecule has 0 aliphatic carbocycles. The highest BCUT2D eigenvalue weighted by atomic mass is 32.2. The number of aromatic nitrogens is 1. The molecule has 196 valence electrons. The molecule has 0 radical (unpaired) electrons. The van der Waals surface area contributed by atoms with Crippen LogP contribution in [0.25, 0.3) is 0 Å². The van der Waals surface area contributed by atoms with Crippen molar-refractivity contribution in [2.45, 2.75) is 64.7 Å². The van der Waals surface area contributed by atoms with Crippen LogP contribution in [0.5, 0.6) is 0 Å². The van der Waals surface area contributed by atoms with Crippen molar-refractivity contribution in [1.29, 1.82) is 0 Å². The molecule has 2 aliphatic heterocycles. The second kappa shape index (κ2) is 10.8. The summed E-state index contributed by atoms with van der Waals surface area (Å²) in [7, 11) is -3.89. The number of H-pyrrole nitrogens is 1. The Morgan fingerprint density at radius 3 is 2.28 bits per heavy atom. The predicted molar refractivity (Wildman–Crippen MR) is 141 cm³/mol. The van der Waals surface area contributed by atoms with Crippen LogP contribution in [0, 0.1) is 26.7 Å². The van der Waals surface area contributed by atoms with Gasteiger partial charge in [0.15, 0.2) is 0 Å². The molecule has 9 heteroatoms. The van der Waals surface area contributed by atoms with Crippen LogP contribution in [-0.4, -0.2) is 67.1 Å². The summed E-state index contributed by atoms with van der Waals surface area (Å²) in [6.07, 6.45) is 3.88. The zero-order valence-corrected chi connectivity index (χ0v) is 22.7. The van der Waals surface area contributed by atoms with Crippen LogP contribution in [-0.2, 0) is 14.8 Å². The highest BCUT2D eigenvalue weighted by Gasteiger charge is 2.38. The van der Waals surface area contributed by atoms with Crippen molar-refractivity contribution >= 4 is 27.5 Å². The zero-order chi connectivity index (χ0) is 26.0. The molecule has 2 aliphatic rings. The fraction of sp³-hybridized carbons (Fsp3) is 0.556. The Balaban J connectivity index is 1.51. The second-order valence-electron chi connectivity index (χ2n) is 10.0. The van der Waals surface area contributed by atoms with Gasteiger partial charge in [-0.15, -0.1) is 0 Å². The molecule has 0 atom stereocenters. The maximum atomic E-state index is 13.8. The molecule has 4 rings (SSSR count). The Labute approximate surface area is 214 Å². The normalized spacial score (nSPS) is 17.8. The summed E-state index contributed by atoms with van der Waals surface area (Å²) in [6.45, 7) is 9.82. The van der Waals surface area contributed by atoms with E-state index in [1.54, 1.807) is 23.6 Å². The highest BCUT2D eigenvalue weighted by molar-refractivity contribution is 7.89. The van der Waals surface area contributed by atoms with E-state index in [-0.39, 0.29) is 41.3 Å². The minimum Gasteiger partial charge on any atom is -0.361 e. The lowest BCUT2D eigenvalue weighted by Gasteiger charge is -2.34. The molecule has 2 amide bonds.